The maximum atomic E-state index is 4.06. The van der Waals surface area contributed by atoms with Crippen LogP contribution >= 0.6 is 0 Å². The number of aromatic nitrogens is 4. The van der Waals surface area contributed by atoms with Gasteiger partial charge in [0, 0.05) is 37.7 Å². The van der Waals surface area contributed by atoms with Gasteiger partial charge in [-0.25, -0.2) is 4.98 Å². The van der Waals surface area contributed by atoms with Crippen LogP contribution in [0.4, 0.5) is 5.95 Å². The summed E-state index contributed by atoms with van der Waals surface area (Å²) in [5, 5.41) is 7.20. The number of rotatable bonds is 3. The third-order valence-corrected chi connectivity index (χ3v) is 1.72. The van der Waals surface area contributed by atoms with E-state index >= 15 is 0 Å². The van der Waals surface area contributed by atoms with Gasteiger partial charge in [-0.1, -0.05) is 0 Å². The summed E-state index contributed by atoms with van der Waals surface area (Å²) in [6.07, 6.45) is 7.29. The van der Waals surface area contributed by atoms with Crippen LogP contribution < -0.4 is 5.32 Å². The van der Waals surface area contributed by atoms with E-state index in [9.17, 15) is 0 Å². The topological polar surface area (TPSA) is 58.5 Å². The van der Waals surface area contributed by atoms with E-state index in [1.54, 1.807) is 17.1 Å². The summed E-state index contributed by atoms with van der Waals surface area (Å²) in [5.74, 6) is 0.781. The van der Waals surface area contributed by atoms with Crippen molar-refractivity contribution in [3.05, 3.63) is 30.4 Å². The molecule has 0 saturated heterocycles. The molecule has 2 aromatic rings. The minimum absolute atomic E-state index is 0.737. The molecule has 0 aliphatic heterocycles. The standard InChI is InChI=1S/C8H11N5/c1-13-6-7(5-12-13)4-11-8-9-2-3-10-8/h2-3,5-6H,4H2,1H3,(H2,9,10,11). The number of anilines is 1. The van der Waals surface area contributed by atoms with E-state index in [0.717, 1.165) is 18.1 Å². The van der Waals surface area contributed by atoms with Gasteiger partial charge >= 0.3 is 0 Å². The quantitative estimate of drug-likeness (QED) is 0.727. The largest absolute Gasteiger partial charge is 0.352 e. The molecule has 68 valence electrons. The Labute approximate surface area is 75.8 Å². The van der Waals surface area contributed by atoms with E-state index in [2.05, 4.69) is 20.4 Å². The SMILES string of the molecule is Cn1cc(CNc2ncc[nH]2)cn1. The molecule has 2 rings (SSSR count). The molecule has 0 aliphatic rings. The molecule has 0 bridgehead atoms. The first-order chi connectivity index (χ1) is 6.34. The summed E-state index contributed by atoms with van der Waals surface area (Å²) >= 11 is 0. The Bertz CT molecular complexity index is 362. The predicted octanol–water partition coefficient (Wildman–Crippen LogP) is 0.755. The van der Waals surface area contributed by atoms with Gasteiger partial charge in [-0.15, -0.1) is 0 Å². The summed E-state index contributed by atoms with van der Waals surface area (Å²) < 4.78 is 1.78. The second kappa shape index (κ2) is 3.30. The third-order valence-electron chi connectivity index (χ3n) is 1.72. The Balaban J connectivity index is 1.93. The fourth-order valence-corrected chi connectivity index (χ4v) is 1.11. The number of nitrogens with one attached hydrogen (secondary N) is 2. The van der Waals surface area contributed by atoms with Gasteiger partial charge in [-0.05, 0) is 0 Å². The molecule has 0 spiro atoms. The molecule has 5 heteroatoms. The van der Waals surface area contributed by atoms with Crippen molar-refractivity contribution >= 4 is 5.95 Å². The van der Waals surface area contributed by atoms with Crippen molar-refractivity contribution in [3.8, 4) is 0 Å². The van der Waals surface area contributed by atoms with Crippen molar-refractivity contribution < 1.29 is 0 Å². The zero-order valence-electron chi connectivity index (χ0n) is 7.36. The number of aromatic amines is 1. The molecule has 0 radical (unpaired) electrons. The monoisotopic (exact) mass is 177 g/mol. The maximum absolute atomic E-state index is 4.06. The van der Waals surface area contributed by atoms with E-state index in [1.165, 1.54) is 0 Å². The average Bonchev–Trinajstić information content (AvgIpc) is 2.71. The molecule has 0 atom stereocenters. The molecular formula is C8H11N5. The smallest absolute Gasteiger partial charge is 0.200 e. The normalized spacial score (nSPS) is 10.2. The Hall–Kier alpha value is -1.78. The van der Waals surface area contributed by atoms with Crippen LogP contribution in [0.25, 0.3) is 0 Å². The fraction of sp³-hybridized carbons (Fsp3) is 0.250. The summed E-state index contributed by atoms with van der Waals surface area (Å²) in [4.78, 5) is 7.01. The zero-order valence-corrected chi connectivity index (χ0v) is 7.36. The molecule has 2 heterocycles. The fourth-order valence-electron chi connectivity index (χ4n) is 1.11. The third kappa shape index (κ3) is 1.87. The Kier molecular flexibility index (Phi) is 1.99. The molecule has 0 fully saturated rings. The molecule has 0 unspecified atom stereocenters. The minimum atomic E-state index is 0.737. The van der Waals surface area contributed by atoms with E-state index in [1.807, 2.05) is 19.4 Å². The Morgan fingerprint density at radius 2 is 2.54 bits per heavy atom. The van der Waals surface area contributed by atoms with Gasteiger partial charge in [0.1, 0.15) is 0 Å². The van der Waals surface area contributed by atoms with Gasteiger partial charge in [-0.2, -0.15) is 5.10 Å². The van der Waals surface area contributed by atoms with E-state index < -0.39 is 0 Å². The van der Waals surface area contributed by atoms with Gasteiger partial charge in [-0.3, -0.25) is 4.68 Å². The lowest BCUT2D eigenvalue weighted by Crippen LogP contribution is -1.99. The highest BCUT2D eigenvalue weighted by atomic mass is 15.2. The number of aryl methyl sites for hydroxylation is 1. The van der Waals surface area contributed by atoms with Crippen molar-refractivity contribution in [3.63, 3.8) is 0 Å². The molecule has 0 amide bonds. The number of H-pyrrole nitrogens is 1. The summed E-state index contributed by atoms with van der Waals surface area (Å²) in [6, 6.07) is 0. The van der Waals surface area contributed by atoms with Crippen LogP contribution in [-0.4, -0.2) is 19.7 Å². The highest BCUT2D eigenvalue weighted by Crippen LogP contribution is 2.01. The van der Waals surface area contributed by atoms with Crippen LogP contribution in [0, 0.1) is 0 Å². The molecule has 2 N–H and O–H groups in total. The second-order valence-electron chi connectivity index (χ2n) is 2.81. The summed E-state index contributed by atoms with van der Waals surface area (Å²) in [7, 11) is 1.90. The zero-order chi connectivity index (χ0) is 9.10. The first kappa shape index (κ1) is 7.85. The van der Waals surface area contributed by atoms with Crippen LogP contribution in [0.5, 0.6) is 0 Å². The number of imidazole rings is 1. The highest BCUT2D eigenvalue weighted by Gasteiger charge is 1.96. The lowest BCUT2D eigenvalue weighted by atomic mass is 10.4. The molecule has 2 aromatic heterocycles. The first-order valence-corrected chi connectivity index (χ1v) is 4.05. The minimum Gasteiger partial charge on any atom is -0.352 e. The Morgan fingerprint density at radius 3 is 3.15 bits per heavy atom. The summed E-state index contributed by atoms with van der Waals surface area (Å²) in [5.41, 5.74) is 1.14. The van der Waals surface area contributed by atoms with Gasteiger partial charge in [0.2, 0.25) is 0 Å². The van der Waals surface area contributed by atoms with Crippen molar-refractivity contribution in [1.29, 1.82) is 0 Å². The van der Waals surface area contributed by atoms with E-state index in [4.69, 9.17) is 0 Å². The molecular weight excluding hydrogens is 166 g/mol. The average molecular weight is 177 g/mol. The van der Waals surface area contributed by atoms with Crippen LogP contribution in [0.2, 0.25) is 0 Å². The van der Waals surface area contributed by atoms with Crippen LogP contribution in [0.3, 0.4) is 0 Å². The van der Waals surface area contributed by atoms with Crippen molar-refractivity contribution in [1.82, 2.24) is 19.7 Å². The number of hydrogen-bond donors (Lipinski definition) is 2. The molecule has 0 aromatic carbocycles. The molecule has 5 nitrogen and oxygen atoms in total. The molecule has 13 heavy (non-hydrogen) atoms. The van der Waals surface area contributed by atoms with Crippen LogP contribution in [0.15, 0.2) is 24.8 Å². The number of nitrogens with zero attached hydrogens (tertiary/aromatic N) is 3. The lowest BCUT2D eigenvalue weighted by molar-refractivity contribution is 0.767. The maximum Gasteiger partial charge on any atom is 0.200 e. The lowest BCUT2D eigenvalue weighted by Gasteiger charge is -1.98. The molecule has 0 saturated carbocycles. The van der Waals surface area contributed by atoms with E-state index in [0.29, 0.717) is 0 Å². The number of hydrogen-bond acceptors (Lipinski definition) is 3. The van der Waals surface area contributed by atoms with Crippen molar-refractivity contribution in [2.75, 3.05) is 5.32 Å². The van der Waals surface area contributed by atoms with E-state index in [-0.39, 0.29) is 0 Å². The summed E-state index contributed by atoms with van der Waals surface area (Å²) in [6.45, 7) is 0.737. The predicted molar refractivity (Wildman–Crippen MR) is 49.1 cm³/mol. The highest BCUT2D eigenvalue weighted by molar-refractivity contribution is 5.24. The van der Waals surface area contributed by atoms with Gasteiger partial charge in [0.05, 0.1) is 6.20 Å². The van der Waals surface area contributed by atoms with Crippen molar-refractivity contribution in [2.45, 2.75) is 6.54 Å². The van der Waals surface area contributed by atoms with Crippen molar-refractivity contribution in [2.24, 2.45) is 7.05 Å². The van der Waals surface area contributed by atoms with Gasteiger partial charge < -0.3 is 10.3 Å². The van der Waals surface area contributed by atoms with Gasteiger partial charge in [0.15, 0.2) is 5.95 Å². The van der Waals surface area contributed by atoms with Gasteiger partial charge in [0.25, 0.3) is 0 Å². The van der Waals surface area contributed by atoms with Crippen LogP contribution in [-0.2, 0) is 13.6 Å². The first-order valence-electron chi connectivity index (χ1n) is 4.05. The van der Waals surface area contributed by atoms with Crippen LogP contribution in [0.1, 0.15) is 5.56 Å². The Morgan fingerprint density at radius 1 is 1.62 bits per heavy atom. The second-order valence-corrected chi connectivity index (χ2v) is 2.81. The molecule has 0 aliphatic carbocycles.